The first kappa shape index (κ1) is 19.4. The Morgan fingerprint density at radius 1 is 1.04 bits per heavy atom. The van der Waals surface area contributed by atoms with Crippen LogP contribution in [-0.4, -0.2) is 22.2 Å². The fourth-order valence-electron chi connectivity index (χ4n) is 2.30. The number of nitrogens with zero attached hydrogens (tertiary/aromatic N) is 2. The quantitative estimate of drug-likeness (QED) is 0.600. The van der Waals surface area contributed by atoms with Crippen molar-refractivity contribution in [3.05, 3.63) is 71.9 Å². The van der Waals surface area contributed by atoms with Crippen LogP contribution in [-0.2, 0) is 6.61 Å². The summed E-state index contributed by atoms with van der Waals surface area (Å²) in [6.07, 6.45) is 0.957. The minimum atomic E-state index is -0.734. The molecule has 28 heavy (non-hydrogen) atoms. The van der Waals surface area contributed by atoms with Gasteiger partial charge in [-0.05, 0) is 30.4 Å². The van der Waals surface area contributed by atoms with Gasteiger partial charge in [-0.1, -0.05) is 30.3 Å². The highest BCUT2D eigenvalue weighted by molar-refractivity contribution is 7.80. The average molecular weight is 402 g/mol. The summed E-state index contributed by atoms with van der Waals surface area (Å²) in [5, 5.41) is 5.18. The Balaban J connectivity index is 1.67. The van der Waals surface area contributed by atoms with Crippen molar-refractivity contribution in [2.24, 2.45) is 0 Å². The third-order valence-corrected chi connectivity index (χ3v) is 3.83. The standard InChI is InChI=1S/C19H16F2N4O2S/c1-26-16-9-5-2-6-12(16)11-27-18-22-10-14(21)17(24-18)25-19(28)23-15-8-4-3-7-13(15)20/h2-10H,11H2,1H3,(H2,22,23,24,25,28). The number of benzene rings is 2. The molecule has 9 heteroatoms. The Morgan fingerprint density at radius 2 is 1.79 bits per heavy atom. The molecule has 1 aromatic heterocycles. The van der Waals surface area contributed by atoms with Gasteiger partial charge in [0.1, 0.15) is 18.2 Å². The molecule has 0 amide bonds. The van der Waals surface area contributed by atoms with Gasteiger partial charge in [-0.15, -0.1) is 0 Å². The zero-order valence-corrected chi connectivity index (χ0v) is 15.6. The van der Waals surface area contributed by atoms with Crippen LogP contribution in [0.15, 0.2) is 54.7 Å². The highest BCUT2D eigenvalue weighted by atomic mass is 32.1. The van der Waals surface area contributed by atoms with Gasteiger partial charge in [0.15, 0.2) is 16.7 Å². The van der Waals surface area contributed by atoms with Crippen LogP contribution in [0.5, 0.6) is 11.8 Å². The van der Waals surface area contributed by atoms with E-state index in [0.717, 1.165) is 11.8 Å². The van der Waals surface area contributed by atoms with Crippen LogP contribution in [0.4, 0.5) is 20.3 Å². The second-order valence-corrected chi connectivity index (χ2v) is 5.92. The first-order valence-electron chi connectivity index (χ1n) is 8.16. The van der Waals surface area contributed by atoms with E-state index in [1.54, 1.807) is 25.3 Å². The van der Waals surface area contributed by atoms with Gasteiger partial charge in [-0.25, -0.2) is 13.8 Å². The summed E-state index contributed by atoms with van der Waals surface area (Å²) in [6.45, 7) is 0.132. The molecule has 0 fully saturated rings. The van der Waals surface area contributed by atoms with Crippen LogP contribution >= 0.6 is 12.2 Å². The van der Waals surface area contributed by atoms with Crippen LogP contribution < -0.4 is 20.1 Å². The summed E-state index contributed by atoms with van der Waals surface area (Å²) in [7, 11) is 1.55. The van der Waals surface area contributed by atoms with Crippen LogP contribution in [0.2, 0.25) is 0 Å². The number of hydrogen-bond acceptors (Lipinski definition) is 5. The van der Waals surface area contributed by atoms with Crippen molar-refractivity contribution in [1.29, 1.82) is 0 Å². The SMILES string of the molecule is COc1ccccc1COc1ncc(F)c(NC(=S)Nc2ccccc2F)n1. The molecular formula is C19H16F2N4O2S. The summed E-state index contributed by atoms with van der Waals surface area (Å²) < 4.78 is 38.4. The fourth-order valence-corrected chi connectivity index (χ4v) is 2.50. The summed E-state index contributed by atoms with van der Waals surface area (Å²) in [5.41, 5.74) is 0.936. The first-order chi connectivity index (χ1) is 13.6. The van der Waals surface area contributed by atoms with Gasteiger partial charge in [-0.3, -0.25) is 0 Å². The highest BCUT2D eigenvalue weighted by Gasteiger charge is 2.12. The van der Waals surface area contributed by atoms with E-state index in [1.165, 1.54) is 12.1 Å². The predicted molar refractivity (Wildman–Crippen MR) is 106 cm³/mol. The third-order valence-electron chi connectivity index (χ3n) is 3.63. The van der Waals surface area contributed by atoms with Crippen LogP contribution in [0.3, 0.4) is 0 Å². The molecule has 0 aliphatic carbocycles. The van der Waals surface area contributed by atoms with Gasteiger partial charge in [0.2, 0.25) is 0 Å². The Kier molecular flexibility index (Phi) is 6.28. The summed E-state index contributed by atoms with van der Waals surface area (Å²) >= 11 is 5.08. The van der Waals surface area contributed by atoms with Crippen LogP contribution in [0.25, 0.3) is 0 Å². The summed E-state index contributed by atoms with van der Waals surface area (Å²) in [5.74, 6) is -0.768. The lowest BCUT2D eigenvalue weighted by atomic mass is 10.2. The minimum absolute atomic E-state index is 0.0293. The molecule has 3 rings (SSSR count). The lowest BCUT2D eigenvalue weighted by molar-refractivity contribution is 0.273. The lowest BCUT2D eigenvalue weighted by Gasteiger charge is -2.12. The van der Waals surface area contributed by atoms with E-state index >= 15 is 0 Å². The number of hydrogen-bond donors (Lipinski definition) is 2. The summed E-state index contributed by atoms with van der Waals surface area (Å²) in [6, 6.07) is 13.2. The van der Waals surface area contributed by atoms with E-state index in [2.05, 4.69) is 20.6 Å². The van der Waals surface area contributed by atoms with E-state index in [9.17, 15) is 8.78 Å². The van der Waals surface area contributed by atoms with Crippen molar-refractivity contribution in [3.63, 3.8) is 0 Å². The van der Waals surface area contributed by atoms with Crippen LogP contribution in [0.1, 0.15) is 5.56 Å². The predicted octanol–water partition coefficient (Wildman–Crippen LogP) is 4.15. The molecule has 0 spiro atoms. The smallest absolute Gasteiger partial charge is 0.318 e. The number of methoxy groups -OCH3 is 1. The molecule has 0 saturated heterocycles. The second-order valence-electron chi connectivity index (χ2n) is 5.51. The molecule has 6 nitrogen and oxygen atoms in total. The molecule has 0 aliphatic heterocycles. The van der Waals surface area contributed by atoms with E-state index in [1.807, 2.05) is 18.2 Å². The molecule has 2 N–H and O–H groups in total. The van der Waals surface area contributed by atoms with E-state index in [4.69, 9.17) is 21.7 Å². The number of halogens is 2. The number of rotatable bonds is 6. The van der Waals surface area contributed by atoms with E-state index < -0.39 is 11.6 Å². The van der Waals surface area contributed by atoms with Crippen molar-refractivity contribution in [3.8, 4) is 11.8 Å². The molecule has 2 aromatic carbocycles. The Bertz CT molecular complexity index is 988. The maximum absolute atomic E-state index is 14.0. The first-order valence-corrected chi connectivity index (χ1v) is 8.57. The molecule has 0 bridgehead atoms. The molecule has 144 valence electrons. The van der Waals surface area contributed by atoms with E-state index in [-0.39, 0.29) is 29.2 Å². The molecule has 0 unspecified atom stereocenters. The van der Waals surface area contributed by atoms with Gasteiger partial charge in [-0.2, -0.15) is 4.98 Å². The average Bonchev–Trinajstić information content (AvgIpc) is 2.70. The van der Waals surface area contributed by atoms with Gasteiger partial charge >= 0.3 is 6.01 Å². The van der Waals surface area contributed by atoms with Gasteiger partial charge < -0.3 is 20.1 Å². The number of aromatic nitrogens is 2. The van der Waals surface area contributed by atoms with Gasteiger partial charge in [0.25, 0.3) is 0 Å². The van der Waals surface area contributed by atoms with Crippen molar-refractivity contribution < 1.29 is 18.3 Å². The largest absolute Gasteiger partial charge is 0.496 e. The second kappa shape index (κ2) is 9.05. The van der Waals surface area contributed by atoms with Gasteiger partial charge in [0.05, 0.1) is 19.0 Å². The monoisotopic (exact) mass is 402 g/mol. The lowest BCUT2D eigenvalue weighted by Crippen LogP contribution is -2.21. The number of ether oxygens (including phenoxy) is 2. The fraction of sp³-hybridized carbons (Fsp3) is 0.105. The molecule has 0 aliphatic rings. The van der Waals surface area contributed by atoms with Crippen LogP contribution in [0, 0.1) is 11.6 Å². The molecule has 1 heterocycles. The van der Waals surface area contributed by atoms with Crippen molar-refractivity contribution in [2.75, 3.05) is 17.7 Å². The maximum atomic E-state index is 14.0. The molecule has 0 atom stereocenters. The number of para-hydroxylation sites is 2. The van der Waals surface area contributed by atoms with Crippen molar-refractivity contribution in [1.82, 2.24) is 9.97 Å². The highest BCUT2D eigenvalue weighted by Crippen LogP contribution is 2.20. The number of nitrogens with one attached hydrogen (secondary N) is 2. The van der Waals surface area contributed by atoms with E-state index in [0.29, 0.717) is 5.75 Å². The third kappa shape index (κ3) is 4.89. The zero-order valence-electron chi connectivity index (χ0n) is 14.8. The molecule has 0 radical (unpaired) electrons. The Labute approximate surface area is 165 Å². The zero-order chi connectivity index (χ0) is 19.9. The number of thiocarbonyl (C=S) groups is 1. The van der Waals surface area contributed by atoms with Gasteiger partial charge in [0, 0.05) is 5.56 Å². The normalized spacial score (nSPS) is 10.2. The summed E-state index contributed by atoms with van der Waals surface area (Å²) in [4.78, 5) is 7.77. The maximum Gasteiger partial charge on any atom is 0.318 e. The molecular weight excluding hydrogens is 386 g/mol. The molecule has 0 saturated carbocycles. The Hall–Kier alpha value is -3.33. The van der Waals surface area contributed by atoms with Crippen molar-refractivity contribution in [2.45, 2.75) is 6.61 Å². The number of anilines is 2. The topological polar surface area (TPSA) is 68.3 Å². The Morgan fingerprint density at radius 3 is 2.57 bits per heavy atom. The minimum Gasteiger partial charge on any atom is -0.496 e. The molecule has 3 aromatic rings. The van der Waals surface area contributed by atoms with Crippen molar-refractivity contribution >= 4 is 28.8 Å².